The monoisotopic (exact) mass is 464 g/mol. The number of fused-ring (bicyclic) bond motifs is 3. The minimum Gasteiger partial charge on any atom is -0.497 e. The number of anilines is 1. The van der Waals surface area contributed by atoms with Crippen LogP contribution in [0.3, 0.4) is 0 Å². The Hall–Kier alpha value is -3.13. The highest BCUT2D eigenvalue weighted by atomic mass is 32.2. The van der Waals surface area contributed by atoms with E-state index in [0.717, 1.165) is 23.3 Å². The number of rotatable bonds is 8. The van der Waals surface area contributed by atoms with Crippen LogP contribution in [0, 0.1) is 0 Å². The predicted molar refractivity (Wildman–Crippen MR) is 130 cm³/mol. The molecule has 172 valence electrons. The molecule has 8 heteroatoms. The van der Waals surface area contributed by atoms with E-state index < -0.39 is 6.23 Å². The second kappa shape index (κ2) is 10.7. The molecule has 0 bridgehead atoms. The second-order valence-corrected chi connectivity index (χ2v) is 8.87. The van der Waals surface area contributed by atoms with Crippen LogP contribution in [0.15, 0.2) is 53.7 Å². The van der Waals surface area contributed by atoms with Crippen molar-refractivity contribution in [3.63, 3.8) is 0 Å². The molecule has 0 unspecified atom stereocenters. The average Bonchev–Trinajstić information content (AvgIpc) is 2.98. The number of hydrogen-bond donors (Lipinski definition) is 0. The summed E-state index contributed by atoms with van der Waals surface area (Å²) in [4.78, 5) is 19.2. The van der Waals surface area contributed by atoms with Crippen LogP contribution < -0.4 is 14.4 Å². The largest absolute Gasteiger partial charge is 0.497 e. The van der Waals surface area contributed by atoms with Crippen LogP contribution in [0.1, 0.15) is 51.3 Å². The Morgan fingerprint density at radius 2 is 1.97 bits per heavy atom. The van der Waals surface area contributed by atoms with Gasteiger partial charge < -0.3 is 9.47 Å². The summed E-state index contributed by atoms with van der Waals surface area (Å²) in [5.41, 5.74) is 2.76. The van der Waals surface area contributed by atoms with Crippen molar-refractivity contribution in [3.05, 3.63) is 54.1 Å². The fourth-order valence-electron chi connectivity index (χ4n) is 3.82. The van der Waals surface area contributed by atoms with Crippen LogP contribution in [0.2, 0.25) is 0 Å². The number of hydrogen-bond acceptors (Lipinski definition) is 7. The zero-order valence-corrected chi connectivity index (χ0v) is 20.0. The molecule has 4 rings (SSSR count). The molecule has 2 aromatic carbocycles. The summed E-state index contributed by atoms with van der Waals surface area (Å²) in [6.45, 7) is 3.73. The van der Waals surface area contributed by atoms with Crippen molar-refractivity contribution in [3.8, 4) is 22.9 Å². The van der Waals surface area contributed by atoms with Gasteiger partial charge in [0.05, 0.1) is 12.8 Å². The van der Waals surface area contributed by atoms with Crippen molar-refractivity contribution < 1.29 is 14.3 Å². The molecule has 0 saturated heterocycles. The standard InChI is InChI=1S/C25H28N4O3S/c1-4-5-6-9-15-33-25-26-23-22(27-28-25)20-13-7-8-14-21(20)29(17(2)30)24(32-23)18-11-10-12-19(16-18)31-3/h7-8,10-14,16,24H,4-6,9,15H2,1-3H3/t24-/m0/s1. The summed E-state index contributed by atoms with van der Waals surface area (Å²) >= 11 is 1.58. The zero-order chi connectivity index (χ0) is 23.2. The Morgan fingerprint density at radius 1 is 1.12 bits per heavy atom. The van der Waals surface area contributed by atoms with Crippen molar-refractivity contribution >= 4 is 23.4 Å². The van der Waals surface area contributed by atoms with Crippen molar-refractivity contribution in [2.24, 2.45) is 0 Å². The van der Waals surface area contributed by atoms with Gasteiger partial charge in [-0.05, 0) is 24.6 Å². The Kier molecular flexibility index (Phi) is 7.44. The quantitative estimate of drug-likeness (QED) is 0.314. The maximum absolute atomic E-state index is 12.9. The maximum Gasteiger partial charge on any atom is 0.247 e. The molecule has 0 fully saturated rings. The van der Waals surface area contributed by atoms with Gasteiger partial charge in [-0.15, -0.1) is 10.2 Å². The Morgan fingerprint density at radius 3 is 2.76 bits per heavy atom. The fraction of sp³-hybridized carbons (Fsp3) is 0.360. The third-order valence-electron chi connectivity index (χ3n) is 5.46. The lowest BCUT2D eigenvalue weighted by Gasteiger charge is -2.30. The van der Waals surface area contributed by atoms with Crippen LogP contribution in [-0.4, -0.2) is 34.0 Å². The van der Waals surface area contributed by atoms with Crippen molar-refractivity contribution in [2.75, 3.05) is 17.8 Å². The van der Waals surface area contributed by atoms with Gasteiger partial charge in [0, 0.05) is 23.8 Å². The molecule has 0 radical (unpaired) electrons. The van der Waals surface area contributed by atoms with Gasteiger partial charge in [0.25, 0.3) is 0 Å². The molecule has 1 aliphatic rings. The third-order valence-corrected chi connectivity index (χ3v) is 6.38. The molecule has 3 aromatic rings. The van der Waals surface area contributed by atoms with Gasteiger partial charge in [-0.3, -0.25) is 9.69 Å². The number of ether oxygens (including phenoxy) is 2. The lowest BCUT2D eigenvalue weighted by atomic mass is 10.1. The summed E-state index contributed by atoms with van der Waals surface area (Å²) in [6, 6.07) is 15.1. The number of carbonyl (C=O) groups excluding carboxylic acids is 1. The minimum absolute atomic E-state index is 0.151. The number of benzene rings is 2. The topological polar surface area (TPSA) is 77.4 Å². The number of amides is 1. The van der Waals surface area contributed by atoms with E-state index >= 15 is 0 Å². The average molecular weight is 465 g/mol. The highest BCUT2D eigenvalue weighted by molar-refractivity contribution is 7.99. The van der Waals surface area contributed by atoms with Crippen LogP contribution in [0.5, 0.6) is 11.6 Å². The van der Waals surface area contributed by atoms with Gasteiger partial charge in [0.2, 0.25) is 23.2 Å². The van der Waals surface area contributed by atoms with E-state index in [4.69, 9.17) is 14.5 Å². The molecule has 1 aliphatic heterocycles. The van der Waals surface area contributed by atoms with Crippen molar-refractivity contribution in [1.82, 2.24) is 15.2 Å². The lowest BCUT2D eigenvalue weighted by molar-refractivity contribution is -0.118. The van der Waals surface area contributed by atoms with Crippen LogP contribution >= 0.6 is 11.8 Å². The highest BCUT2D eigenvalue weighted by Crippen LogP contribution is 2.43. The summed E-state index contributed by atoms with van der Waals surface area (Å²) in [5, 5.41) is 9.39. The van der Waals surface area contributed by atoms with Crippen molar-refractivity contribution in [1.29, 1.82) is 0 Å². The van der Waals surface area contributed by atoms with Gasteiger partial charge >= 0.3 is 0 Å². The molecule has 33 heavy (non-hydrogen) atoms. The van der Waals surface area contributed by atoms with E-state index in [1.54, 1.807) is 23.8 Å². The van der Waals surface area contributed by atoms with Gasteiger partial charge in [-0.2, -0.15) is 4.98 Å². The molecule has 0 spiro atoms. The van der Waals surface area contributed by atoms with Crippen LogP contribution in [0.4, 0.5) is 5.69 Å². The Balaban J connectivity index is 1.75. The number of methoxy groups -OCH3 is 1. The molecule has 0 aliphatic carbocycles. The first kappa shape index (κ1) is 23.0. The maximum atomic E-state index is 12.9. The van der Waals surface area contributed by atoms with E-state index in [1.165, 1.54) is 26.2 Å². The normalized spacial score (nSPS) is 14.6. The first-order valence-electron chi connectivity index (χ1n) is 11.2. The number of carbonyl (C=O) groups is 1. The van der Waals surface area contributed by atoms with E-state index in [0.29, 0.717) is 28.2 Å². The summed E-state index contributed by atoms with van der Waals surface area (Å²) in [5.74, 6) is 1.82. The number of nitrogens with zero attached hydrogens (tertiary/aromatic N) is 4. The van der Waals surface area contributed by atoms with Gasteiger partial charge in [0.1, 0.15) is 5.75 Å². The summed E-state index contributed by atoms with van der Waals surface area (Å²) in [7, 11) is 1.61. The van der Waals surface area contributed by atoms with Gasteiger partial charge in [-0.1, -0.05) is 68.3 Å². The van der Waals surface area contributed by atoms with Gasteiger partial charge in [-0.25, -0.2) is 0 Å². The van der Waals surface area contributed by atoms with E-state index in [-0.39, 0.29) is 5.91 Å². The fourth-order valence-corrected chi connectivity index (χ4v) is 4.60. The number of unbranched alkanes of at least 4 members (excludes halogenated alkanes) is 3. The van der Waals surface area contributed by atoms with E-state index in [9.17, 15) is 4.79 Å². The first-order chi connectivity index (χ1) is 16.1. The number of thioether (sulfide) groups is 1. The molecule has 2 heterocycles. The number of para-hydroxylation sites is 1. The zero-order valence-electron chi connectivity index (χ0n) is 19.2. The molecular formula is C25H28N4O3S. The van der Waals surface area contributed by atoms with Crippen LogP contribution in [-0.2, 0) is 4.79 Å². The third kappa shape index (κ3) is 5.11. The minimum atomic E-state index is -0.723. The summed E-state index contributed by atoms with van der Waals surface area (Å²) in [6.07, 6.45) is 4.00. The number of aromatic nitrogens is 3. The molecule has 1 aromatic heterocycles. The van der Waals surface area contributed by atoms with Gasteiger partial charge in [0.15, 0.2) is 5.69 Å². The highest BCUT2D eigenvalue weighted by Gasteiger charge is 2.34. The molecule has 1 amide bonds. The lowest BCUT2D eigenvalue weighted by Crippen LogP contribution is -2.36. The summed E-state index contributed by atoms with van der Waals surface area (Å²) < 4.78 is 11.8. The van der Waals surface area contributed by atoms with E-state index in [2.05, 4.69) is 17.1 Å². The molecule has 0 saturated carbocycles. The molecule has 7 nitrogen and oxygen atoms in total. The smallest absolute Gasteiger partial charge is 0.247 e. The van der Waals surface area contributed by atoms with E-state index in [1.807, 2.05) is 48.5 Å². The van der Waals surface area contributed by atoms with Crippen LogP contribution in [0.25, 0.3) is 11.3 Å². The molecule has 0 N–H and O–H groups in total. The van der Waals surface area contributed by atoms with Crippen molar-refractivity contribution in [2.45, 2.75) is 50.9 Å². The SMILES string of the molecule is CCCCCCSc1nnc2c(n1)O[C@@H](c1cccc(OC)c1)N(C(C)=O)c1ccccc1-2. The Labute approximate surface area is 198 Å². The predicted octanol–water partition coefficient (Wildman–Crippen LogP) is 5.66. The molecular weight excluding hydrogens is 436 g/mol. The second-order valence-electron chi connectivity index (χ2n) is 7.81. The molecule has 1 atom stereocenters. The Bertz CT molecular complexity index is 1120. The first-order valence-corrected chi connectivity index (χ1v) is 12.2.